The van der Waals surface area contributed by atoms with Gasteiger partial charge >= 0.3 is 0 Å². The van der Waals surface area contributed by atoms with Gasteiger partial charge in [0.1, 0.15) is 23.3 Å². The lowest BCUT2D eigenvalue weighted by Crippen LogP contribution is -2.36. The fourth-order valence-corrected chi connectivity index (χ4v) is 3.42. The quantitative estimate of drug-likeness (QED) is 0.653. The molecule has 0 spiro atoms. The maximum Gasteiger partial charge on any atom is 0.229 e. The van der Waals surface area contributed by atoms with Gasteiger partial charge in [-0.15, -0.1) is 0 Å². The van der Waals surface area contributed by atoms with E-state index in [4.69, 9.17) is 15.2 Å². The molecule has 0 bridgehead atoms. The van der Waals surface area contributed by atoms with Crippen LogP contribution in [-0.2, 0) is 11.2 Å². The lowest BCUT2D eigenvalue weighted by atomic mass is 10.1. The van der Waals surface area contributed by atoms with Crippen molar-refractivity contribution in [3.05, 3.63) is 59.5 Å². The molecule has 0 amide bonds. The zero-order valence-corrected chi connectivity index (χ0v) is 17.4. The molecule has 1 aliphatic heterocycles. The highest BCUT2D eigenvalue weighted by Gasteiger charge is 2.16. The highest BCUT2D eigenvalue weighted by atomic mass is 16.5. The Morgan fingerprint density at radius 2 is 2.00 bits per heavy atom. The number of morpholine rings is 1. The van der Waals surface area contributed by atoms with Crippen LogP contribution < -0.4 is 15.4 Å². The fourth-order valence-electron chi connectivity index (χ4n) is 3.42. The first kappa shape index (κ1) is 20.7. The van der Waals surface area contributed by atoms with Gasteiger partial charge in [0.25, 0.3) is 0 Å². The summed E-state index contributed by atoms with van der Waals surface area (Å²) >= 11 is 0. The molecule has 3 aromatic rings. The molecule has 3 aromatic heterocycles. The Hall–Kier alpha value is -3.54. The molecule has 0 radical (unpaired) electrons. The second-order valence-electron chi connectivity index (χ2n) is 7.26. The van der Waals surface area contributed by atoms with E-state index < -0.39 is 0 Å². The second kappa shape index (κ2) is 9.51. The van der Waals surface area contributed by atoms with Crippen LogP contribution in [0.1, 0.15) is 17.0 Å². The molecular formula is C23H24N6O2. The number of ether oxygens (including phenoxy) is 2. The average Bonchev–Trinajstić information content (AvgIpc) is 2.80. The molecule has 1 saturated heterocycles. The van der Waals surface area contributed by atoms with Crippen molar-refractivity contribution in [3.8, 4) is 29.0 Å². The summed E-state index contributed by atoms with van der Waals surface area (Å²) in [6, 6.07) is 13.2. The van der Waals surface area contributed by atoms with Gasteiger partial charge < -0.3 is 20.1 Å². The number of pyridine rings is 3. The topological polar surface area (TPSA) is 110 Å². The number of hydrogen-bond donors (Lipinski definition) is 1. The smallest absolute Gasteiger partial charge is 0.229 e. The van der Waals surface area contributed by atoms with E-state index in [0.29, 0.717) is 42.6 Å². The van der Waals surface area contributed by atoms with Crippen molar-refractivity contribution in [1.82, 2.24) is 15.0 Å². The normalized spacial score (nSPS) is 13.6. The largest absolute Gasteiger partial charge is 0.438 e. The van der Waals surface area contributed by atoms with Crippen molar-refractivity contribution in [2.24, 2.45) is 5.73 Å². The van der Waals surface area contributed by atoms with E-state index in [0.717, 1.165) is 36.6 Å². The van der Waals surface area contributed by atoms with Gasteiger partial charge in [0.05, 0.1) is 24.5 Å². The average molecular weight is 416 g/mol. The summed E-state index contributed by atoms with van der Waals surface area (Å²) in [6.45, 7) is 5.40. The number of aryl methyl sites for hydroxylation is 1. The number of anilines is 1. The molecule has 0 saturated carbocycles. The molecular weight excluding hydrogens is 392 g/mol. The van der Waals surface area contributed by atoms with E-state index in [1.54, 1.807) is 12.3 Å². The molecule has 2 N–H and O–H groups in total. The lowest BCUT2D eigenvalue weighted by Gasteiger charge is -2.28. The van der Waals surface area contributed by atoms with E-state index >= 15 is 0 Å². The molecule has 8 nitrogen and oxygen atoms in total. The highest BCUT2D eigenvalue weighted by molar-refractivity contribution is 5.66. The van der Waals surface area contributed by atoms with Gasteiger partial charge in [-0.05, 0) is 43.7 Å². The van der Waals surface area contributed by atoms with Gasteiger partial charge in [-0.1, -0.05) is 6.07 Å². The van der Waals surface area contributed by atoms with Gasteiger partial charge in [-0.3, -0.25) is 4.98 Å². The molecule has 4 rings (SSSR count). The predicted molar refractivity (Wildman–Crippen MR) is 117 cm³/mol. The minimum Gasteiger partial charge on any atom is -0.438 e. The first-order valence-corrected chi connectivity index (χ1v) is 10.2. The van der Waals surface area contributed by atoms with Crippen molar-refractivity contribution in [1.29, 1.82) is 5.26 Å². The Morgan fingerprint density at radius 1 is 1.16 bits per heavy atom. The van der Waals surface area contributed by atoms with Gasteiger partial charge in [-0.2, -0.15) is 5.26 Å². The Balaban J connectivity index is 1.67. The Bertz CT molecular complexity index is 1090. The van der Waals surface area contributed by atoms with Gasteiger partial charge in [0.15, 0.2) is 0 Å². The summed E-state index contributed by atoms with van der Waals surface area (Å²) < 4.78 is 11.6. The monoisotopic (exact) mass is 416 g/mol. The van der Waals surface area contributed by atoms with Crippen molar-refractivity contribution in [3.63, 3.8) is 0 Å². The fraction of sp³-hybridized carbons (Fsp3) is 0.304. The SMILES string of the molecule is Cc1cc(Oc2nc(C#N)ccc2-c2ccc(CCN)cn2)cc(N2CCOCC2)n1. The van der Waals surface area contributed by atoms with Crippen molar-refractivity contribution < 1.29 is 9.47 Å². The highest BCUT2D eigenvalue weighted by Crippen LogP contribution is 2.32. The van der Waals surface area contributed by atoms with Crippen LogP contribution in [-0.4, -0.2) is 47.8 Å². The summed E-state index contributed by atoms with van der Waals surface area (Å²) in [5.41, 5.74) is 9.22. The van der Waals surface area contributed by atoms with Crippen LogP contribution in [0.5, 0.6) is 11.6 Å². The molecule has 0 unspecified atom stereocenters. The number of nitriles is 1. The van der Waals surface area contributed by atoms with Gasteiger partial charge in [0, 0.05) is 37.1 Å². The van der Waals surface area contributed by atoms with Crippen LogP contribution in [0.4, 0.5) is 5.82 Å². The first-order chi connectivity index (χ1) is 15.2. The van der Waals surface area contributed by atoms with Crippen LogP contribution in [0.15, 0.2) is 42.6 Å². The van der Waals surface area contributed by atoms with E-state index in [1.807, 2.05) is 37.3 Å². The maximum absolute atomic E-state index is 9.32. The van der Waals surface area contributed by atoms with Crippen molar-refractivity contribution in [2.45, 2.75) is 13.3 Å². The van der Waals surface area contributed by atoms with Gasteiger partial charge in [-0.25, -0.2) is 9.97 Å². The summed E-state index contributed by atoms with van der Waals surface area (Å²) in [5.74, 6) is 1.77. The minimum absolute atomic E-state index is 0.276. The number of nitrogens with zero attached hydrogens (tertiary/aromatic N) is 5. The minimum atomic E-state index is 0.276. The molecule has 0 aliphatic carbocycles. The predicted octanol–water partition coefficient (Wildman–Crippen LogP) is 2.85. The van der Waals surface area contributed by atoms with E-state index in [9.17, 15) is 5.26 Å². The lowest BCUT2D eigenvalue weighted by molar-refractivity contribution is 0.122. The van der Waals surface area contributed by atoms with Crippen molar-refractivity contribution >= 4 is 5.82 Å². The summed E-state index contributed by atoms with van der Waals surface area (Å²) in [5, 5.41) is 9.32. The second-order valence-corrected chi connectivity index (χ2v) is 7.26. The molecule has 8 heteroatoms. The van der Waals surface area contributed by atoms with Crippen LogP contribution in [0.2, 0.25) is 0 Å². The maximum atomic E-state index is 9.32. The third-order valence-electron chi connectivity index (χ3n) is 4.97. The Morgan fingerprint density at radius 3 is 2.71 bits per heavy atom. The zero-order chi connectivity index (χ0) is 21.6. The number of rotatable bonds is 6. The van der Waals surface area contributed by atoms with Crippen LogP contribution in [0.25, 0.3) is 11.3 Å². The molecule has 4 heterocycles. The number of nitrogens with two attached hydrogens (primary N) is 1. The Labute approximate surface area is 181 Å². The standard InChI is InChI=1S/C23H24N6O2/c1-16-12-19(13-22(27-16)29-8-10-30-11-9-29)31-23-20(4-3-18(14-25)28-23)21-5-2-17(6-7-24)15-26-21/h2-5,12-13,15H,6-11,24H2,1H3. The van der Waals surface area contributed by atoms with Crippen molar-refractivity contribution in [2.75, 3.05) is 37.7 Å². The third kappa shape index (κ3) is 4.97. The summed E-state index contributed by atoms with van der Waals surface area (Å²) in [6.07, 6.45) is 2.57. The number of aromatic nitrogens is 3. The van der Waals surface area contributed by atoms with Crippen LogP contribution in [0.3, 0.4) is 0 Å². The van der Waals surface area contributed by atoms with E-state index in [1.165, 1.54) is 0 Å². The summed E-state index contributed by atoms with van der Waals surface area (Å²) in [7, 11) is 0. The first-order valence-electron chi connectivity index (χ1n) is 10.2. The molecule has 0 atom stereocenters. The number of hydrogen-bond acceptors (Lipinski definition) is 8. The third-order valence-corrected chi connectivity index (χ3v) is 4.97. The molecule has 31 heavy (non-hydrogen) atoms. The molecule has 1 aliphatic rings. The van der Waals surface area contributed by atoms with Crippen LogP contribution in [0, 0.1) is 18.3 Å². The van der Waals surface area contributed by atoms with Gasteiger partial charge in [0.2, 0.25) is 5.88 Å². The Kier molecular flexibility index (Phi) is 6.36. The van der Waals surface area contributed by atoms with E-state index in [-0.39, 0.29) is 5.69 Å². The van der Waals surface area contributed by atoms with E-state index in [2.05, 4.69) is 25.9 Å². The molecule has 1 fully saturated rings. The van der Waals surface area contributed by atoms with Crippen LogP contribution >= 0.6 is 0 Å². The summed E-state index contributed by atoms with van der Waals surface area (Å²) in [4.78, 5) is 15.7. The molecule has 158 valence electrons. The zero-order valence-electron chi connectivity index (χ0n) is 17.4. The molecule has 0 aromatic carbocycles.